The Hall–Kier alpha value is -0.770. The van der Waals surface area contributed by atoms with Crippen LogP contribution in [0.5, 0.6) is 0 Å². The van der Waals surface area contributed by atoms with Gasteiger partial charge in [0.25, 0.3) is 0 Å². The highest BCUT2D eigenvalue weighted by molar-refractivity contribution is 5.67. The lowest BCUT2D eigenvalue weighted by Crippen LogP contribution is -2.59. The van der Waals surface area contributed by atoms with Gasteiger partial charge >= 0.3 is 5.97 Å². The van der Waals surface area contributed by atoms with Gasteiger partial charge in [-0.05, 0) is 6.42 Å². The molecule has 0 aromatic rings. The van der Waals surface area contributed by atoms with E-state index < -0.39 is 49.4 Å². The first-order valence-electron chi connectivity index (χ1n) is 8.58. The minimum Gasteiger partial charge on any atom is -0.481 e. The molecule has 5 N–H and O–H groups in total. The second-order valence-corrected chi connectivity index (χ2v) is 6.26. The summed E-state index contributed by atoms with van der Waals surface area (Å²) in [6.07, 6.45) is -2.25. The highest BCUT2D eigenvalue weighted by atomic mass is 16.7. The number of carbonyl (C=O) groups is 1. The van der Waals surface area contributed by atoms with Crippen molar-refractivity contribution >= 4 is 5.97 Å². The van der Waals surface area contributed by atoms with Crippen molar-refractivity contribution in [3.8, 4) is 0 Å². The fourth-order valence-corrected chi connectivity index (χ4v) is 2.76. The molecular weight excluding hydrogens is 320 g/mol. The van der Waals surface area contributed by atoms with Gasteiger partial charge in [0.05, 0.1) is 19.1 Å². The number of aliphatic hydroxyl groups excluding tert-OH is 4. The Morgan fingerprint density at radius 1 is 1.08 bits per heavy atom. The Balaban J connectivity index is 2.58. The normalized spacial score (nSPS) is 31.8. The first kappa shape index (κ1) is 21.3. The van der Waals surface area contributed by atoms with E-state index in [1.807, 2.05) is 0 Å². The summed E-state index contributed by atoms with van der Waals surface area (Å²) in [5.41, 5.74) is 0. The SMILES string of the molecule is CCCCCCCC(CC(=O)O)O[C@@H]1OC(CO)[C@@H](O)[C@H](O)C1O. The zero-order chi connectivity index (χ0) is 18.1. The van der Waals surface area contributed by atoms with Crippen LogP contribution in [0.2, 0.25) is 0 Å². The van der Waals surface area contributed by atoms with E-state index in [2.05, 4.69) is 6.92 Å². The average molecular weight is 350 g/mol. The second kappa shape index (κ2) is 11.0. The molecule has 0 saturated carbocycles. The van der Waals surface area contributed by atoms with Crippen molar-refractivity contribution in [3.63, 3.8) is 0 Å². The average Bonchev–Trinajstić information content (AvgIpc) is 2.54. The summed E-state index contributed by atoms with van der Waals surface area (Å²) >= 11 is 0. The Kier molecular flexibility index (Phi) is 9.72. The van der Waals surface area contributed by atoms with Crippen LogP contribution in [-0.2, 0) is 14.3 Å². The molecular formula is C16H30O8. The molecule has 6 atom stereocenters. The Morgan fingerprint density at radius 2 is 1.75 bits per heavy atom. The summed E-state index contributed by atoms with van der Waals surface area (Å²) in [5, 5.41) is 47.6. The van der Waals surface area contributed by atoms with Crippen LogP contribution < -0.4 is 0 Å². The molecule has 0 bridgehead atoms. The molecule has 8 nitrogen and oxygen atoms in total. The van der Waals surface area contributed by atoms with Crippen molar-refractivity contribution in [1.29, 1.82) is 0 Å². The number of rotatable bonds is 11. The van der Waals surface area contributed by atoms with Crippen LogP contribution in [0.25, 0.3) is 0 Å². The largest absolute Gasteiger partial charge is 0.481 e. The van der Waals surface area contributed by atoms with Crippen molar-refractivity contribution in [2.75, 3.05) is 6.61 Å². The van der Waals surface area contributed by atoms with Gasteiger partial charge in [-0.25, -0.2) is 0 Å². The van der Waals surface area contributed by atoms with E-state index in [0.29, 0.717) is 6.42 Å². The molecule has 1 aliphatic heterocycles. The van der Waals surface area contributed by atoms with Gasteiger partial charge in [0.15, 0.2) is 6.29 Å². The van der Waals surface area contributed by atoms with E-state index >= 15 is 0 Å². The van der Waals surface area contributed by atoms with E-state index in [4.69, 9.17) is 19.7 Å². The van der Waals surface area contributed by atoms with Crippen LogP contribution in [0.4, 0.5) is 0 Å². The van der Waals surface area contributed by atoms with Crippen LogP contribution in [0.1, 0.15) is 51.9 Å². The topological polar surface area (TPSA) is 137 Å². The molecule has 1 fully saturated rings. The van der Waals surface area contributed by atoms with Gasteiger partial charge in [0, 0.05) is 0 Å². The van der Waals surface area contributed by atoms with Gasteiger partial charge in [-0.2, -0.15) is 0 Å². The lowest BCUT2D eigenvalue weighted by molar-refractivity contribution is -0.311. The molecule has 0 aromatic heterocycles. The molecule has 1 rings (SSSR count). The molecule has 0 spiro atoms. The zero-order valence-corrected chi connectivity index (χ0v) is 14.1. The van der Waals surface area contributed by atoms with Crippen molar-refractivity contribution in [3.05, 3.63) is 0 Å². The maximum Gasteiger partial charge on any atom is 0.305 e. The Bertz CT molecular complexity index is 362. The summed E-state index contributed by atoms with van der Waals surface area (Å²) in [5.74, 6) is -1.03. The van der Waals surface area contributed by atoms with Gasteiger partial charge in [0.2, 0.25) is 0 Å². The van der Waals surface area contributed by atoms with Crippen molar-refractivity contribution < 1.29 is 39.8 Å². The predicted molar refractivity (Wildman–Crippen MR) is 84.3 cm³/mol. The molecule has 0 aromatic carbocycles. The summed E-state index contributed by atoms with van der Waals surface area (Å²) in [6.45, 7) is 1.56. The van der Waals surface area contributed by atoms with Crippen LogP contribution in [0, 0.1) is 0 Å². The highest BCUT2D eigenvalue weighted by Gasteiger charge is 2.44. The number of aliphatic hydroxyl groups is 4. The Labute approximate surface area is 142 Å². The van der Waals surface area contributed by atoms with E-state index in [-0.39, 0.29) is 6.42 Å². The summed E-state index contributed by atoms with van der Waals surface area (Å²) < 4.78 is 10.8. The zero-order valence-electron chi connectivity index (χ0n) is 14.1. The third-order valence-electron chi connectivity index (χ3n) is 4.21. The summed E-state index contributed by atoms with van der Waals surface area (Å²) in [4.78, 5) is 11.0. The molecule has 1 saturated heterocycles. The third kappa shape index (κ3) is 6.62. The summed E-state index contributed by atoms with van der Waals surface area (Å²) in [7, 11) is 0. The van der Waals surface area contributed by atoms with Gasteiger partial charge in [-0.3, -0.25) is 4.79 Å². The molecule has 3 unspecified atom stereocenters. The Morgan fingerprint density at radius 3 is 2.33 bits per heavy atom. The number of ether oxygens (including phenoxy) is 2. The quantitative estimate of drug-likeness (QED) is 0.329. The van der Waals surface area contributed by atoms with Crippen LogP contribution in [0.15, 0.2) is 0 Å². The molecule has 0 radical (unpaired) electrons. The molecule has 1 aliphatic rings. The number of aliphatic carboxylic acids is 1. The lowest BCUT2D eigenvalue weighted by Gasteiger charge is -2.40. The van der Waals surface area contributed by atoms with Gasteiger partial charge < -0.3 is 35.0 Å². The molecule has 0 amide bonds. The van der Waals surface area contributed by atoms with Crippen molar-refractivity contribution in [1.82, 2.24) is 0 Å². The smallest absolute Gasteiger partial charge is 0.305 e. The van der Waals surface area contributed by atoms with Gasteiger partial charge in [0.1, 0.15) is 24.4 Å². The van der Waals surface area contributed by atoms with Crippen molar-refractivity contribution in [2.45, 2.75) is 88.7 Å². The summed E-state index contributed by atoms with van der Waals surface area (Å²) in [6, 6.07) is 0. The molecule has 8 heteroatoms. The van der Waals surface area contributed by atoms with E-state index in [0.717, 1.165) is 32.1 Å². The molecule has 142 valence electrons. The molecule has 1 heterocycles. The maximum absolute atomic E-state index is 11.0. The first-order valence-corrected chi connectivity index (χ1v) is 8.58. The van der Waals surface area contributed by atoms with Crippen LogP contribution >= 0.6 is 0 Å². The number of hydrogen-bond acceptors (Lipinski definition) is 7. The van der Waals surface area contributed by atoms with E-state index in [9.17, 15) is 20.1 Å². The van der Waals surface area contributed by atoms with E-state index in [1.165, 1.54) is 0 Å². The maximum atomic E-state index is 11.0. The monoisotopic (exact) mass is 350 g/mol. The third-order valence-corrected chi connectivity index (χ3v) is 4.21. The highest BCUT2D eigenvalue weighted by Crippen LogP contribution is 2.25. The number of hydrogen-bond donors (Lipinski definition) is 5. The molecule has 24 heavy (non-hydrogen) atoms. The number of carboxylic acids is 1. The fraction of sp³-hybridized carbons (Fsp3) is 0.938. The number of unbranched alkanes of at least 4 members (excludes halogenated alkanes) is 4. The lowest BCUT2D eigenvalue weighted by atomic mass is 9.99. The van der Waals surface area contributed by atoms with E-state index in [1.54, 1.807) is 0 Å². The number of carboxylic acid groups (broad SMARTS) is 1. The first-order chi connectivity index (χ1) is 11.4. The van der Waals surface area contributed by atoms with Crippen molar-refractivity contribution in [2.24, 2.45) is 0 Å². The molecule has 0 aliphatic carbocycles. The fourth-order valence-electron chi connectivity index (χ4n) is 2.76. The van der Waals surface area contributed by atoms with Gasteiger partial charge in [-0.15, -0.1) is 0 Å². The van der Waals surface area contributed by atoms with Crippen LogP contribution in [-0.4, -0.2) is 74.9 Å². The minimum atomic E-state index is -1.53. The predicted octanol–water partition coefficient (Wildman–Crippen LogP) is 0.00670. The second-order valence-electron chi connectivity index (χ2n) is 6.26. The minimum absolute atomic E-state index is 0.247. The van der Waals surface area contributed by atoms with Crippen LogP contribution in [0.3, 0.4) is 0 Å². The standard InChI is InChI=1S/C16H30O8/c1-2-3-4-5-6-7-10(8-12(18)19)23-16-15(22)14(21)13(20)11(9-17)24-16/h10-11,13-17,20-22H,2-9H2,1H3,(H,18,19)/t10?,11?,13-,14+,15?,16-/m1/s1. The van der Waals surface area contributed by atoms with Gasteiger partial charge in [-0.1, -0.05) is 39.0 Å².